The van der Waals surface area contributed by atoms with Crippen LogP contribution >= 0.6 is 0 Å². The zero-order valence-electron chi connectivity index (χ0n) is 16.1. The van der Waals surface area contributed by atoms with Crippen LogP contribution in [0.3, 0.4) is 0 Å². The van der Waals surface area contributed by atoms with Gasteiger partial charge >= 0.3 is 6.03 Å². The number of pyridine rings is 2. The van der Waals surface area contributed by atoms with Gasteiger partial charge in [0, 0.05) is 13.1 Å². The summed E-state index contributed by atoms with van der Waals surface area (Å²) in [7, 11) is 3.39. The van der Waals surface area contributed by atoms with E-state index in [0.717, 1.165) is 24.2 Å². The molecule has 5 rings (SSSR count). The van der Waals surface area contributed by atoms with Crippen molar-refractivity contribution in [1.82, 2.24) is 24.8 Å². The third-order valence-corrected chi connectivity index (χ3v) is 5.36. The molecular formula is C19H21N7O3. The SMILES string of the molecule is CNc1cc2nc3c1ncn3C(=O)NC1CCC1OCc1cc(c(OC)cn1)N2. The Labute approximate surface area is 166 Å². The lowest BCUT2D eigenvalue weighted by atomic mass is 9.89. The summed E-state index contributed by atoms with van der Waals surface area (Å²) in [4.78, 5) is 26.3. The van der Waals surface area contributed by atoms with Gasteiger partial charge in [-0.2, -0.15) is 0 Å². The topological polar surface area (TPSA) is 115 Å². The average Bonchev–Trinajstić information content (AvgIpc) is 3.14. The van der Waals surface area contributed by atoms with Crippen LogP contribution in [0.25, 0.3) is 11.2 Å². The van der Waals surface area contributed by atoms with Crippen LogP contribution in [0.4, 0.5) is 22.0 Å². The molecule has 1 saturated carbocycles. The molecule has 10 nitrogen and oxygen atoms in total. The Morgan fingerprint density at radius 2 is 2.21 bits per heavy atom. The van der Waals surface area contributed by atoms with Crippen molar-refractivity contribution in [3.63, 3.8) is 0 Å². The van der Waals surface area contributed by atoms with E-state index in [4.69, 9.17) is 9.47 Å². The van der Waals surface area contributed by atoms with Gasteiger partial charge in [0.05, 0.1) is 49.1 Å². The number of nitrogens with zero attached hydrogens (tertiary/aromatic N) is 4. The minimum absolute atomic E-state index is 0.0478. The van der Waals surface area contributed by atoms with E-state index in [9.17, 15) is 4.79 Å². The first-order chi connectivity index (χ1) is 14.2. The standard InChI is InChI=1S/C19H21N7O3/c1-20-13-6-16-23-12-5-10(21-7-15(12)28-2)8-29-14-4-3-11(14)24-19(27)26-9-22-17(13)18(26)25-16/h5-7,9,11,14H,3-4,8H2,1-2H3,(H,24,27)(H2,20,23,25). The molecule has 10 heteroatoms. The number of carbonyl (C=O) groups is 1. The lowest BCUT2D eigenvalue weighted by molar-refractivity contribution is -0.0335. The predicted octanol–water partition coefficient (Wildman–Crippen LogP) is 2.24. The van der Waals surface area contributed by atoms with E-state index >= 15 is 0 Å². The first-order valence-electron chi connectivity index (χ1n) is 9.44. The summed E-state index contributed by atoms with van der Waals surface area (Å²) < 4.78 is 12.9. The summed E-state index contributed by atoms with van der Waals surface area (Å²) >= 11 is 0. The molecule has 29 heavy (non-hydrogen) atoms. The number of hydrogen-bond acceptors (Lipinski definition) is 8. The van der Waals surface area contributed by atoms with E-state index < -0.39 is 0 Å². The molecule has 2 unspecified atom stereocenters. The maximum absolute atomic E-state index is 12.9. The third-order valence-electron chi connectivity index (χ3n) is 5.36. The molecule has 3 aromatic rings. The molecule has 1 fully saturated rings. The quantitative estimate of drug-likeness (QED) is 0.605. The summed E-state index contributed by atoms with van der Waals surface area (Å²) in [5.74, 6) is 1.13. The number of aromatic nitrogens is 4. The van der Waals surface area contributed by atoms with Gasteiger partial charge in [0.1, 0.15) is 17.7 Å². The molecule has 2 aliphatic rings. The van der Waals surface area contributed by atoms with Crippen LogP contribution in [0.5, 0.6) is 5.75 Å². The number of anilines is 3. The Balaban J connectivity index is 1.66. The van der Waals surface area contributed by atoms with E-state index in [-0.39, 0.29) is 18.2 Å². The first kappa shape index (κ1) is 17.7. The first-order valence-corrected chi connectivity index (χ1v) is 9.44. The van der Waals surface area contributed by atoms with Crippen LogP contribution in [0.2, 0.25) is 0 Å². The zero-order chi connectivity index (χ0) is 20.0. The highest BCUT2D eigenvalue weighted by Gasteiger charge is 2.34. The molecule has 3 N–H and O–H groups in total. The van der Waals surface area contributed by atoms with Crippen molar-refractivity contribution in [3.05, 3.63) is 30.4 Å². The maximum Gasteiger partial charge on any atom is 0.328 e. The predicted molar refractivity (Wildman–Crippen MR) is 107 cm³/mol. The number of ether oxygens (including phenoxy) is 2. The number of amides is 1. The third kappa shape index (κ3) is 3.01. The van der Waals surface area contributed by atoms with Crippen LogP contribution in [0.15, 0.2) is 24.7 Å². The molecule has 0 aromatic carbocycles. The van der Waals surface area contributed by atoms with Crippen LogP contribution in [-0.4, -0.2) is 51.9 Å². The summed E-state index contributed by atoms with van der Waals surface area (Å²) in [6.07, 6.45) is 4.86. The highest BCUT2D eigenvalue weighted by molar-refractivity contribution is 5.94. The minimum atomic E-state index is -0.274. The van der Waals surface area contributed by atoms with Gasteiger partial charge in [-0.25, -0.2) is 19.3 Å². The summed E-state index contributed by atoms with van der Waals surface area (Å²) in [6.45, 7) is 0.347. The molecule has 1 aliphatic heterocycles. The lowest BCUT2D eigenvalue weighted by Gasteiger charge is -2.36. The fourth-order valence-electron chi connectivity index (χ4n) is 3.61. The van der Waals surface area contributed by atoms with E-state index in [2.05, 4.69) is 30.9 Å². The molecule has 1 aliphatic carbocycles. The van der Waals surface area contributed by atoms with Crippen LogP contribution in [0.1, 0.15) is 18.5 Å². The molecule has 0 radical (unpaired) electrons. The number of fused-ring (bicyclic) bond motifs is 4. The van der Waals surface area contributed by atoms with Crippen molar-refractivity contribution < 1.29 is 14.3 Å². The smallest absolute Gasteiger partial charge is 0.328 e. The van der Waals surface area contributed by atoms with Crippen molar-refractivity contribution in [2.75, 3.05) is 24.8 Å². The normalized spacial score (nSPS) is 20.8. The molecule has 4 bridgehead atoms. The number of rotatable bonds is 2. The minimum Gasteiger partial charge on any atom is -0.493 e. The highest BCUT2D eigenvalue weighted by atomic mass is 16.5. The number of nitrogens with one attached hydrogen (secondary N) is 3. The summed E-state index contributed by atoms with van der Waals surface area (Å²) in [5.41, 5.74) is 3.31. The fourth-order valence-corrected chi connectivity index (χ4v) is 3.61. The van der Waals surface area contributed by atoms with Gasteiger partial charge in [0.15, 0.2) is 11.4 Å². The number of imidazole rings is 1. The van der Waals surface area contributed by atoms with Crippen molar-refractivity contribution in [3.8, 4) is 5.75 Å². The van der Waals surface area contributed by atoms with Crippen molar-refractivity contribution >= 4 is 34.4 Å². The second kappa shape index (κ2) is 6.89. The molecule has 3 aromatic heterocycles. The monoisotopic (exact) mass is 395 g/mol. The van der Waals surface area contributed by atoms with Crippen LogP contribution in [0, 0.1) is 0 Å². The highest BCUT2D eigenvalue weighted by Crippen LogP contribution is 2.32. The maximum atomic E-state index is 12.9. The summed E-state index contributed by atoms with van der Waals surface area (Å²) in [6, 6.07) is 3.40. The molecule has 1 amide bonds. The summed E-state index contributed by atoms with van der Waals surface area (Å²) in [5, 5.41) is 9.41. The van der Waals surface area contributed by atoms with E-state index in [0.29, 0.717) is 35.0 Å². The largest absolute Gasteiger partial charge is 0.493 e. The number of methoxy groups -OCH3 is 1. The average molecular weight is 395 g/mol. The molecule has 150 valence electrons. The van der Waals surface area contributed by atoms with Crippen molar-refractivity contribution in [1.29, 1.82) is 0 Å². The van der Waals surface area contributed by atoms with Crippen molar-refractivity contribution in [2.45, 2.75) is 31.6 Å². The van der Waals surface area contributed by atoms with Gasteiger partial charge in [-0.05, 0) is 18.9 Å². The molecule has 0 spiro atoms. The molecular weight excluding hydrogens is 374 g/mol. The second-order valence-electron chi connectivity index (χ2n) is 7.08. The lowest BCUT2D eigenvalue weighted by Crippen LogP contribution is -2.52. The van der Waals surface area contributed by atoms with Gasteiger partial charge in [-0.1, -0.05) is 0 Å². The van der Waals surface area contributed by atoms with Crippen LogP contribution < -0.4 is 20.7 Å². The molecule has 0 saturated heterocycles. The van der Waals surface area contributed by atoms with E-state index in [1.54, 1.807) is 20.4 Å². The molecule has 2 atom stereocenters. The second-order valence-corrected chi connectivity index (χ2v) is 7.08. The fraction of sp³-hybridized carbons (Fsp3) is 0.368. The van der Waals surface area contributed by atoms with Gasteiger partial charge in [0.25, 0.3) is 0 Å². The Kier molecular flexibility index (Phi) is 4.20. The molecule has 4 heterocycles. The van der Waals surface area contributed by atoms with Crippen LogP contribution in [-0.2, 0) is 11.3 Å². The number of carbonyl (C=O) groups excluding carboxylic acids is 1. The Morgan fingerprint density at radius 1 is 1.31 bits per heavy atom. The van der Waals surface area contributed by atoms with Gasteiger partial charge in [0.2, 0.25) is 0 Å². The van der Waals surface area contributed by atoms with Crippen molar-refractivity contribution in [2.24, 2.45) is 0 Å². The van der Waals surface area contributed by atoms with Gasteiger partial charge in [-0.3, -0.25) is 4.98 Å². The number of hydrogen-bond donors (Lipinski definition) is 3. The Morgan fingerprint density at radius 3 is 2.97 bits per heavy atom. The van der Waals surface area contributed by atoms with E-state index in [1.165, 1.54) is 10.9 Å². The zero-order valence-corrected chi connectivity index (χ0v) is 16.1. The van der Waals surface area contributed by atoms with Gasteiger partial charge in [-0.15, -0.1) is 0 Å². The Bertz CT molecular complexity index is 1100. The Hall–Kier alpha value is -3.40. The van der Waals surface area contributed by atoms with E-state index in [1.807, 2.05) is 12.1 Å². The van der Waals surface area contributed by atoms with Gasteiger partial charge < -0.3 is 25.4 Å².